The first kappa shape index (κ1) is 14.5. The number of amides is 2. The van der Waals surface area contributed by atoms with Crippen molar-refractivity contribution in [2.24, 2.45) is 5.41 Å². The number of ether oxygens (including phenoxy) is 1. The minimum Gasteiger partial charge on any atom is -0.443 e. The molecule has 0 aliphatic carbocycles. The maximum absolute atomic E-state index is 12.0. The summed E-state index contributed by atoms with van der Waals surface area (Å²) in [6, 6.07) is 1.74. The molecule has 0 saturated carbocycles. The van der Waals surface area contributed by atoms with Crippen molar-refractivity contribution in [1.29, 1.82) is 5.26 Å². The van der Waals surface area contributed by atoms with Crippen LogP contribution in [0.2, 0.25) is 0 Å². The summed E-state index contributed by atoms with van der Waals surface area (Å²) in [6.45, 7) is 8.70. The van der Waals surface area contributed by atoms with Crippen LogP contribution in [-0.4, -0.2) is 28.5 Å². The molecule has 0 radical (unpaired) electrons. The summed E-state index contributed by atoms with van der Waals surface area (Å²) in [7, 11) is 0. The second kappa shape index (κ2) is 4.60. The predicted molar refractivity (Wildman–Crippen MR) is 65.5 cm³/mol. The fraction of sp³-hybridized carbons (Fsp3) is 0.769. The number of carbonyl (C=O) groups excluding carboxylic acids is 2. The van der Waals surface area contributed by atoms with Crippen molar-refractivity contribution < 1.29 is 14.3 Å². The Bertz CT molecular complexity index is 401. The molecule has 0 bridgehead atoms. The molecule has 2 amide bonds. The normalized spacial score (nSPS) is 20.8. The molecule has 5 nitrogen and oxygen atoms in total. The third-order valence-electron chi connectivity index (χ3n) is 2.92. The number of rotatable bonds is 1. The Morgan fingerprint density at radius 3 is 2.39 bits per heavy atom. The summed E-state index contributed by atoms with van der Waals surface area (Å²) >= 11 is 0. The Kier molecular flexibility index (Phi) is 3.70. The van der Waals surface area contributed by atoms with E-state index in [-0.39, 0.29) is 12.3 Å². The molecule has 0 aromatic rings. The van der Waals surface area contributed by atoms with E-state index in [9.17, 15) is 9.59 Å². The van der Waals surface area contributed by atoms with E-state index in [1.807, 2.05) is 0 Å². The molecular formula is C13H20N2O3. The van der Waals surface area contributed by atoms with Crippen LogP contribution in [0.1, 0.15) is 47.5 Å². The molecule has 0 spiro atoms. The predicted octanol–water partition coefficient (Wildman–Crippen LogP) is 2.46. The summed E-state index contributed by atoms with van der Waals surface area (Å²) in [4.78, 5) is 24.9. The van der Waals surface area contributed by atoms with Crippen molar-refractivity contribution in [3.05, 3.63) is 0 Å². The van der Waals surface area contributed by atoms with Crippen molar-refractivity contribution in [3.8, 4) is 6.07 Å². The molecule has 1 atom stereocenters. The molecule has 1 aliphatic rings. The zero-order valence-corrected chi connectivity index (χ0v) is 11.6. The number of hydrogen-bond donors (Lipinski definition) is 0. The van der Waals surface area contributed by atoms with Crippen molar-refractivity contribution in [2.75, 3.05) is 0 Å². The minimum atomic E-state index is -0.761. The van der Waals surface area contributed by atoms with Gasteiger partial charge < -0.3 is 4.74 Å². The topological polar surface area (TPSA) is 70.4 Å². The van der Waals surface area contributed by atoms with Crippen LogP contribution >= 0.6 is 0 Å². The highest BCUT2D eigenvalue weighted by Gasteiger charge is 2.46. The van der Waals surface area contributed by atoms with Gasteiger partial charge in [0.15, 0.2) is 0 Å². The lowest BCUT2D eigenvalue weighted by Crippen LogP contribution is -2.47. The maximum atomic E-state index is 12.0. The molecule has 1 rings (SSSR count). The van der Waals surface area contributed by atoms with Gasteiger partial charge in [0.05, 0.1) is 17.5 Å². The van der Waals surface area contributed by atoms with Crippen molar-refractivity contribution in [2.45, 2.75) is 59.1 Å². The molecule has 1 fully saturated rings. The van der Waals surface area contributed by atoms with E-state index in [4.69, 9.17) is 10.00 Å². The van der Waals surface area contributed by atoms with E-state index >= 15 is 0 Å². The first-order chi connectivity index (χ1) is 8.08. The zero-order valence-electron chi connectivity index (χ0n) is 11.6. The van der Waals surface area contributed by atoms with Crippen LogP contribution in [-0.2, 0) is 9.53 Å². The highest BCUT2D eigenvalue weighted by molar-refractivity contribution is 5.94. The third-order valence-corrected chi connectivity index (χ3v) is 2.92. The average molecular weight is 252 g/mol. The van der Waals surface area contributed by atoms with Gasteiger partial charge in [-0.1, -0.05) is 0 Å². The highest BCUT2D eigenvalue weighted by atomic mass is 16.6. The van der Waals surface area contributed by atoms with Crippen LogP contribution in [0.5, 0.6) is 0 Å². The molecule has 18 heavy (non-hydrogen) atoms. The van der Waals surface area contributed by atoms with Gasteiger partial charge in [-0.2, -0.15) is 5.26 Å². The molecule has 1 saturated heterocycles. The van der Waals surface area contributed by atoms with Crippen LogP contribution in [0.25, 0.3) is 0 Å². The summed E-state index contributed by atoms with van der Waals surface area (Å²) < 4.78 is 5.22. The molecule has 0 aromatic heterocycles. The second-order valence-electron chi connectivity index (χ2n) is 6.13. The lowest BCUT2D eigenvalue weighted by molar-refractivity contribution is -0.129. The Balaban J connectivity index is 2.94. The molecule has 0 unspecified atom stereocenters. The fourth-order valence-corrected chi connectivity index (χ4v) is 1.98. The average Bonchev–Trinajstić information content (AvgIpc) is 2.58. The Morgan fingerprint density at radius 1 is 1.39 bits per heavy atom. The van der Waals surface area contributed by atoms with E-state index < -0.39 is 23.2 Å². The number of imide groups is 1. The van der Waals surface area contributed by atoms with E-state index in [1.165, 1.54) is 0 Å². The van der Waals surface area contributed by atoms with Crippen molar-refractivity contribution >= 4 is 12.0 Å². The fourth-order valence-electron chi connectivity index (χ4n) is 1.98. The van der Waals surface area contributed by atoms with Gasteiger partial charge in [0, 0.05) is 6.42 Å². The summed E-state index contributed by atoms with van der Waals surface area (Å²) in [6.07, 6.45) is 0.145. The van der Waals surface area contributed by atoms with Crippen LogP contribution in [0, 0.1) is 16.7 Å². The number of nitrogens with zero attached hydrogens (tertiary/aromatic N) is 2. The Labute approximate surface area is 108 Å². The third kappa shape index (κ3) is 3.00. The number of hydrogen-bond acceptors (Lipinski definition) is 4. The van der Waals surface area contributed by atoms with Crippen LogP contribution in [0.3, 0.4) is 0 Å². The summed E-state index contributed by atoms with van der Waals surface area (Å²) in [5, 5.41) is 9.13. The summed E-state index contributed by atoms with van der Waals surface area (Å²) in [5.74, 6) is -0.266. The second-order valence-corrected chi connectivity index (χ2v) is 6.13. The smallest absolute Gasteiger partial charge is 0.417 e. The molecular weight excluding hydrogens is 232 g/mol. The van der Waals surface area contributed by atoms with Gasteiger partial charge in [0.25, 0.3) is 0 Å². The molecule has 0 aromatic carbocycles. The van der Waals surface area contributed by atoms with Crippen LogP contribution < -0.4 is 0 Å². The highest BCUT2D eigenvalue weighted by Crippen LogP contribution is 2.34. The standard InChI is InChI=1S/C13H20N2O3/c1-12(2,3)18-11(17)15-9(6-7-10(15)16)13(4,5)8-14/h9H,6-7H2,1-5H3/t9-/m1/s1. The van der Waals surface area contributed by atoms with Gasteiger partial charge in [0.1, 0.15) is 5.60 Å². The molecule has 1 aliphatic heterocycles. The van der Waals surface area contributed by atoms with Gasteiger partial charge in [-0.3, -0.25) is 4.79 Å². The quantitative estimate of drug-likeness (QED) is 0.718. The molecule has 0 N–H and O–H groups in total. The molecule has 5 heteroatoms. The Hall–Kier alpha value is -1.57. The number of carbonyl (C=O) groups is 2. The van der Waals surface area contributed by atoms with E-state index in [1.54, 1.807) is 34.6 Å². The van der Waals surface area contributed by atoms with Crippen molar-refractivity contribution in [3.63, 3.8) is 0 Å². The minimum absolute atomic E-state index is 0.266. The van der Waals surface area contributed by atoms with Crippen LogP contribution in [0.15, 0.2) is 0 Å². The largest absolute Gasteiger partial charge is 0.443 e. The number of likely N-dealkylation sites (tertiary alicyclic amines) is 1. The van der Waals surface area contributed by atoms with Gasteiger partial charge in [-0.15, -0.1) is 0 Å². The summed E-state index contributed by atoms with van der Waals surface area (Å²) in [5.41, 5.74) is -1.41. The first-order valence-corrected chi connectivity index (χ1v) is 6.05. The van der Waals surface area contributed by atoms with E-state index in [0.29, 0.717) is 6.42 Å². The van der Waals surface area contributed by atoms with Gasteiger partial charge in [-0.25, -0.2) is 9.69 Å². The number of nitriles is 1. The SMILES string of the molecule is CC(C)(C)OC(=O)N1C(=O)CC[C@@H]1C(C)(C)C#N. The van der Waals surface area contributed by atoms with E-state index in [2.05, 4.69) is 6.07 Å². The maximum Gasteiger partial charge on any atom is 0.417 e. The van der Waals surface area contributed by atoms with Gasteiger partial charge in [-0.05, 0) is 41.0 Å². The molecule has 1 heterocycles. The zero-order chi connectivity index (χ0) is 14.1. The van der Waals surface area contributed by atoms with Crippen LogP contribution in [0.4, 0.5) is 4.79 Å². The Morgan fingerprint density at radius 2 is 1.94 bits per heavy atom. The first-order valence-electron chi connectivity index (χ1n) is 6.05. The monoisotopic (exact) mass is 252 g/mol. The van der Waals surface area contributed by atoms with Gasteiger partial charge >= 0.3 is 6.09 Å². The lowest BCUT2D eigenvalue weighted by Gasteiger charge is -2.32. The van der Waals surface area contributed by atoms with Gasteiger partial charge in [0.2, 0.25) is 5.91 Å². The molecule has 100 valence electrons. The van der Waals surface area contributed by atoms with E-state index in [0.717, 1.165) is 4.90 Å². The lowest BCUT2D eigenvalue weighted by atomic mass is 9.84. The van der Waals surface area contributed by atoms with Crippen molar-refractivity contribution in [1.82, 2.24) is 4.90 Å².